The minimum Gasteiger partial charge on any atom is -0.481 e. The van der Waals surface area contributed by atoms with E-state index in [4.69, 9.17) is 4.74 Å². The van der Waals surface area contributed by atoms with E-state index in [0.29, 0.717) is 24.4 Å². The third kappa shape index (κ3) is 3.10. The number of carbonyl (C=O) groups is 1. The van der Waals surface area contributed by atoms with Gasteiger partial charge in [0.1, 0.15) is 5.69 Å². The monoisotopic (exact) mass is 358 g/mol. The Morgan fingerprint density at radius 1 is 1.48 bits per heavy atom. The van der Waals surface area contributed by atoms with Crippen LogP contribution in [0, 0.1) is 5.92 Å². The molecule has 0 aliphatic heterocycles. The van der Waals surface area contributed by atoms with Crippen LogP contribution in [0.25, 0.3) is 4.96 Å². The topological polar surface area (TPSA) is 88.8 Å². The molecule has 3 aromatic rings. The molecule has 1 aliphatic carbocycles. The van der Waals surface area contributed by atoms with Gasteiger partial charge in [-0.2, -0.15) is 0 Å². The molecule has 1 saturated carbocycles. The van der Waals surface area contributed by atoms with Crippen molar-refractivity contribution in [3.8, 4) is 5.88 Å². The van der Waals surface area contributed by atoms with Gasteiger partial charge in [-0.05, 0) is 24.3 Å². The van der Waals surface area contributed by atoms with Crippen LogP contribution in [0.15, 0.2) is 36.1 Å². The number of fused-ring (bicyclic) bond motifs is 1. The number of aliphatic hydroxyl groups excluding tert-OH is 1. The second kappa shape index (κ2) is 6.45. The Hall–Kier alpha value is -2.45. The van der Waals surface area contributed by atoms with Crippen LogP contribution >= 0.6 is 11.3 Å². The molecule has 4 rings (SSSR count). The van der Waals surface area contributed by atoms with Gasteiger partial charge in [-0.1, -0.05) is 6.07 Å². The van der Waals surface area contributed by atoms with Gasteiger partial charge in [-0.3, -0.25) is 9.20 Å². The molecule has 1 aliphatic rings. The number of amides is 1. The minimum atomic E-state index is -0.298. The molecule has 0 unspecified atom stereocenters. The van der Waals surface area contributed by atoms with E-state index < -0.39 is 0 Å². The number of ether oxygens (including phenoxy) is 1. The zero-order chi connectivity index (χ0) is 17.4. The Labute approximate surface area is 148 Å². The van der Waals surface area contributed by atoms with Crippen molar-refractivity contribution in [1.82, 2.24) is 19.7 Å². The highest BCUT2D eigenvalue weighted by atomic mass is 32.1. The van der Waals surface area contributed by atoms with Crippen LogP contribution in [0.1, 0.15) is 34.9 Å². The molecule has 8 heteroatoms. The van der Waals surface area contributed by atoms with E-state index in [1.807, 2.05) is 22.0 Å². The third-order valence-corrected chi connectivity index (χ3v) is 5.33. The second-order valence-corrected chi connectivity index (χ2v) is 7.06. The zero-order valence-electron chi connectivity index (χ0n) is 13.6. The number of aromatic nitrogens is 3. The van der Waals surface area contributed by atoms with Gasteiger partial charge in [0.15, 0.2) is 4.96 Å². The molecule has 0 spiro atoms. The SMILES string of the molecule is COc1ccc([C@H](NC(=O)c2cn3ccsc3n2)C2CC(O)C2)cn1. The van der Waals surface area contributed by atoms with Crippen LogP contribution < -0.4 is 10.1 Å². The normalized spacial score (nSPS) is 20.9. The number of hydrogen-bond donors (Lipinski definition) is 2. The molecule has 3 heterocycles. The lowest BCUT2D eigenvalue weighted by Crippen LogP contribution is -2.41. The number of imidazole rings is 1. The summed E-state index contributed by atoms with van der Waals surface area (Å²) in [5.74, 6) is 0.479. The number of methoxy groups -OCH3 is 1. The largest absolute Gasteiger partial charge is 0.481 e. The highest BCUT2D eigenvalue weighted by Gasteiger charge is 2.36. The maximum atomic E-state index is 12.7. The molecule has 1 atom stereocenters. The first-order chi connectivity index (χ1) is 12.1. The van der Waals surface area contributed by atoms with Crippen molar-refractivity contribution in [1.29, 1.82) is 0 Å². The van der Waals surface area contributed by atoms with Gasteiger partial charge in [0.05, 0.1) is 19.3 Å². The maximum absolute atomic E-state index is 12.7. The van der Waals surface area contributed by atoms with Gasteiger partial charge >= 0.3 is 0 Å². The van der Waals surface area contributed by atoms with Crippen LogP contribution in [0.5, 0.6) is 5.88 Å². The van der Waals surface area contributed by atoms with E-state index in [1.54, 1.807) is 25.6 Å². The summed E-state index contributed by atoms with van der Waals surface area (Å²) in [5.41, 5.74) is 1.28. The van der Waals surface area contributed by atoms with Crippen LogP contribution in [0.4, 0.5) is 0 Å². The number of pyridine rings is 1. The van der Waals surface area contributed by atoms with Crippen molar-refractivity contribution in [3.05, 3.63) is 47.4 Å². The Kier molecular flexibility index (Phi) is 4.14. The zero-order valence-corrected chi connectivity index (χ0v) is 14.4. The summed E-state index contributed by atoms with van der Waals surface area (Å²) in [5, 5.41) is 14.6. The van der Waals surface area contributed by atoms with Gasteiger partial charge in [0, 0.05) is 30.0 Å². The molecule has 1 amide bonds. The highest BCUT2D eigenvalue weighted by molar-refractivity contribution is 7.15. The van der Waals surface area contributed by atoms with Crippen molar-refractivity contribution in [2.24, 2.45) is 5.92 Å². The predicted octanol–water partition coefficient (Wildman–Crippen LogP) is 2.04. The fraction of sp³-hybridized carbons (Fsp3) is 0.353. The van der Waals surface area contributed by atoms with Crippen LogP contribution in [-0.4, -0.2) is 38.6 Å². The fourth-order valence-corrected chi connectivity index (χ4v) is 3.82. The third-order valence-electron chi connectivity index (χ3n) is 4.56. The average Bonchev–Trinajstić information content (AvgIpc) is 3.19. The van der Waals surface area contributed by atoms with E-state index in [1.165, 1.54) is 11.3 Å². The quantitative estimate of drug-likeness (QED) is 0.729. The Morgan fingerprint density at radius 3 is 2.96 bits per heavy atom. The van der Waals surface area contributed by atoms with Gasteiger partial charge < -0.3 is 15.2 Å². The first kappa shape index (κ1) is 16.0. The summed E-state index contributed by atoms with van der Waals surface area (Å²) >= 11 is 1.48. The van der Waals surface area contributed by atoms with Crippen molar-refractivity contribution in [3.63, 3.8) is 0 Å². The van der Waals surface area contributed by atoms with E-state index in [-0.39, 0.29) is 24.0 Å². The lowest BCUT2D eigenvalue weighted by molar-refractivity contribution is 0.0234. The van der Waals surface area contributed by atoms with E-state index in [9.17, 15) is 9.90 Å². The number of nitrogens with one attached hydrogen (secondary N) is 1. The summed E-state index contributed by atoms with van der Waals surface area (Å²) < 4.78 is 6.92. The van der Waals surface area contributed by atoms with Crippen molar-refractivity contribution >= 4 is 22.2 Å². The molecule has 25 heavy (non-hydrogen) atoms. The van der Waals surface area contributed by atoms with Crippen molar-refractivity contribution in [2.75, 3.05) is 7.11 Å². The van der Waals surface area contributed by atoms with Gasteiger partial charge in [-0.25, -0.2) is 9.97 Å². The average molecular weight is 358 g/mol. The van der Waals surface area contributed by atoms with Gasteiger partial charge in [0.25, 0.3) is 5.91 Å². The molecule has 0 bridgehead atoms. The van der Waals surface area contributed by atoms with Crippen LogP contribution in [0.2, 0.25) is 0 Å². The van der Waals surface area contributed by atoms with Crippen LogP contribution in [0.3, 0.4) is 0 Å². The molecule has 0 radical (unpaired) electrons. The molecule has 130 valence electrons. The number of thiazole rings is 1. The molecule has 0 saturated heterocycles. The molecule has 2 N–H and O–H groups in total. The number of hydrogen-bond acceptors (Lipinski definition) is 6. The fourth-order valence-electron chi connectivity index (χ4n) is 3.12. The minimum absolute atomic E-state index is 0.179. The second-order valence-electron chi connectivity index (χ2n) is 6.19. The maximum Gasteiger partial charge on any atom is 0.272 e. The van der Waals surface area contributed by atoms with Crippen molar-refractivity contribution < 1.29 is 14.6 Å². The summed E-state index contributed by atoms with van der Waals surface area (Å²) in [7, 11) is 1.56. The van der Waals surface area contributed by atoms with E-state index in [0.717, 1.165) is 10.5 Å². The molecule has 7 nitrogen and oxygen atoms in total. The lowest BCUT2D eigenvalue weighted by Gasteiger charge is -2.38. The molecular formula is C17H18N4O3S. The van der Waals surface area contributed by atoms with Gasteiger partial charge in [0.2, 0.25) is 5.88 Å². The summed E-state index contributed by atoms with van der Waals surface area (Å²) in [4.78, 5) is 22.0. The summed E-state index contributed by atoms with van der Waals surface area (Å²) in [6.45, 7) is 0. The summed E-state index contributed by atoms with van der Waals surface area (Å²) in [6.07, 6.45) is 6.33. The van der Waals surface area contributed by atoms with Crippen LogP contribution in [-0.2, 0) is 0 Å². The smallest absolute Gasteiger partial charge is 0.272 e. The molecular weight excluding hydrogens is 340 g/mol. The Morgan fingerprint density at radius 2 is 2.32 bits per heavy atom. The Bertz CT molecular complexity index is 854. The Balaban J connectivity index is 1.56. The lowest BCUT2D eigenvalue weighted by atomic mass is 9.75. The van der Waals surface area contributed by atoms with E-state index in [2.05, 4.69) is 15.3 Å². The van der Waals surface area contributed by atoms with Gasteiger partial charge in [-0.15, -0.1) is 11.3 Å². The number of aliphatic hydroxyl groups is 1. The predicted molar refractivity (Wildman–Crippen MR) is 92.8 cm³/mol. The number of nitrogens with zero attached hydrogens (tertiary/aromatic N) is 3. The standard InChI is InChI=1S/C17H18N4O3S/c1-24-14-3-2-10(8-18-14)15(11-6-12(22)7-11)20-16(23)13-9-21-4-5-25-17(21)19-13/h2-5,8-9,11-12,15,22H,6-7H2,1H3,(H,20,23)/t11?,12?,15-/m0/s1. The highest BCUT2D eigenvalue weighted by Crippen LogP contribution is 2.38. The first-order valence-electron chi connectivity index (χ1n) is 8.05. The van der Waals surface area contributed by atoms with E-state index >= 15 is 0 Å². The molecule has 0 aromatic carbocycles. The van der Waals surface area contributed by atoms with Crippen molar-refractivity contribution in [2.45, 2.75) is 25.0 Å². The molecule has 3 aromatic heterocycles. The molecule has 1 fully saturated rings. The summed E-state index contributed by atoms with van der Waals surface area (Å²) in [6, 6.07) is 3.46. The first-order valence-corrected chi connectivity index (χ1v) is 8.93. The number of carbonyl (C=O) groups excluding carboxylic acids is 1. The number of rotatable bonds is 5.